The van der Waals surface area contributed by atoms with Crippen LogP contribution in [0.3, 0.4) is 0 Å². The molecule has 2 rings (SSSR count). The molecule has 0 unspecified atom stereocenters. The Bertz CT molecular complexity index is 390. The fourth-order valence-corrected chi connectivity index (χ4v) is 2.29. The molecule has 0 heterocycles. The quantitative estimate of drug-likeness (QED) is 0.788. The number of amides is 1. The first kappa shape index (κ1) is 13.9. The van der Waals surface area contributed by atoms with Gasteiger partial charge in [0.05, 0.1) is 6.54 Å². The lowest BCUT2D eigenvalue weighted by Gasteiger charge is -2.37. The molecule has 1 aliphatic carbocycles. The normalized spacial score (nSPS) is 14.8. The van der Waals surface area contributed by atoms with Crippen LogP contribution in [0.25, 0.3) is 0 Å². The minimum absolute atomic E-state index is 0.127. The van der Waals surface area contributed by atoms with Crippen LogP contribution in [0.5, 0.6) is 0 Å². The number of anilines is 1. The molecule has 1 aromatic rings. The first-order valence-electron chi connectivity index (χ1n) is 7.00. The second-order valence-electron chi connectivity index (χ2n) is 4.97. The van der Waals surface area contributed by atoms with E-state index in [1.54, 1.807) is 0 Å². The number of carbonyl (C=O) groups is 1. The number of hydrogen-bond donors (Lipinski definition) is 2. The number of nitrogens with one attached hydrogen (secondary N) is 1. The summed E-state index contributed by atoms with van der Waals surface area (Å²) < 4.78 is 0. The Hall–Kier alpha value is -1.55. The van der Waals surface area contributed by atoms with Crippen LogP contribution in [-0.2, 0) is 4.79 Å². The maximum atomic E-state index is 12.2. The van der Waals surface area contributed by atoms with Crippen molar-refractivity contribution in [2.24, 2.45) is 0 Å². The number of para-hydroxylation sites is 1. The maximum Gasteiger partial charge on any atom is 0.242 e. The van der Waals surface area contributed by atoms with Crippen molar-refractivity contribution in [2.45, 2.75) is 31.7 Å². The zero-order chi connectivity index (χ0) is 13.5. The van der Waals surface area contributed by atoms with Crippen LogP contribution in [0.4, 0.5) is 5.69 Å². The summed E-state index contributed by atoms with van der Waals surface area (Å²) in [5.74, 6) is 0.127. The lowest BCUT2D eigenvalue weighted by molar-refractivity contribution is -0.133. The van der Waals surface area contributed by atoms with Gasteiger partial charge in [-0.15, -0.1) is 0 Å². The number of aliphatic hydroxyl groups is 1. The highest BCUT2D eigenvalue weighted by atomic mass is 16.3. The molecular formula is C15H22N2O2. The third-order valence-corrected chi connectivity index (χ3v) is 3.61. The van der Waals surface area contributed by atoms with Crippen LogP contribution in [0.1, 0.15) is 25.7 Å². The van der Waals surface area contributed by atoms with Gasteiger partial charge in [0.15, 0.2) is 0 Å². The zero-order valence-corrected chi connectivity index (χ0v) is 11.2. The van der Waals surface area contributed by atoms with E-state index in [9.17, 15) is 4.79 Å². The van der Waals surface area contributed by atoms with Gasteiger partial charge in [-0.1, -0.05) is 18.2 Å². The molecule has 1 aliphatic rings. The van der Waals surface area contributed by atoms with Crippen molar-refractivity contribution >= 4 is 11.6 Å². The van der Waals surface area contributed by atoms with Gasteiger partial charge in [0.25, 0.3) is 0 Å². The first-order valence-corrected chi connectivity index (χ1v) is 7.00. The number of rotatable bonds is 7. The number of carbonyl (C=O) groups excluding carboxylic acids is 1. The molecule has 19 heavy (non-hydrogen) atoms. The smallest absolute Gasteiger partial charge is 0.242 e. The van der Waals surface area contributed by atoms with E-state index in [0.717, 1.165) is 18.5 Å². The molecular weight excluding hydrogens is 240 g/mol. The van der Waals surface area contributed by atoms with E-state index < -0.39 is 0 Å². The molecule has 2 N–H and O–H groups in total. The molecule has 0 atom stereocenters. The number of hydrogen-bond acceptors (Lipinski definition) is 3. The predicted molar refractivity (Wildman–Crippen MR) is 76.0 cm³/mol. The van der Waals surface area contributed by atoms with Crippen molar-refractivity contribution < 1.29 is 9.90 Å². The third kappa shape index (κ3) is 3.96. The van der Waals surface area contributed by atoms with Gasteiger partial charge < -0.3 is 15.3 Å². The molecule has 0 saturated heterocycles. The molecule has 4 heteroatoms. The number of nitrogens with zero attached hydrogens (tertiary/aromatic N) is 1. The van der Waals surface area contributed by atoms with E-state index in [2.05, 4.69) is 5.32 Å². The molecule has 104 valence electrons. The summed E-state index contributed by atoms with van der Waals surface area (Å²) >= 11 is 0. The van der Waals surface area contributed by atoms with Gasteiger partial charge in [0, 0.05) is 24.9 Å². The fraction of sp³-hybridized carbons (Fsp3) is 0.533. The number of aliphatic hydroxyl groups excluding tert-OH is 1. The van der Waals surface area contributed by atoms with E-state index in [-0.39, 0.29) is 12.5 Å². The van der Waals surface area contributed by atoms with Crippen LogP contribution >= 0.6 is 0 Å². The average Bonchev–Trinajstić information content (AvgIpc) is 2.39. The van der Waals surface area contributed by atoms with Crippen LogP contribution in [-0.4, -0.2) is 41.7 Å². The van der Waals surface area contributed by atoms with Gasteiger partial charge in [-0.25, -0.2) is 0 Å². The Morgan fingerprint density at radius 1 is 1.32 bits per heavy atom. The summed E-state index contributed by atoms with van der Waals surface area (Å²) in [5, 5.41) is 12.1. The first-order chi connectivity index (χ1) is 9.31. The SMILES string of the molecule is O=C(CNc1ccccc1)N(CCCO)C1CCC1. The molecule has 1 amide bonds. The summed E-state index contributed by atoms with van der Waals surface area (Å²) in [4.78, 5) is 14.2. The van der Waals surface area contributed by atoms with Gasteiger partial charge >= 0.3 is 0 Å². The molecule has 0 aromatic heterocycles. The fourth-order valence-electron chi connectivity index (χ4n) is 2.29. The highest BCUT2D eigenvalue weighted by Gasteiger charge is 2.27. The lowest BCUT2D eigenvalue weighted by atomic mass is 9.91. The van der Waals surface area contributed by atoms with Gasteiger partial charge in [0.1, 0.15) is 0 Å². The van der Waals surface area contributed by atoms with Crippen molar-refractivity contribution in [2.75, 3.05) is 25.0 Å². The van der Waals surface area contributed by atoms with Gasteiger partial charge in [-0.2, -0.15) is 0 Å². The van der Waals surface area contributed by atoms with E-state index in [1.807, 2.05) is 35.2 Å². The van der Waals surface area contributed by atoms with Crippen molar-refractivity contribution in [3.05, 3.63) is 30.3 Å². The Morgan fingerprint density at radius 3 is 2.63 bits per heavy atom. The third-order valence-electron chi connectivity index (χ3n) is 3.61. The average molecular weight is 262 g/mol. The second kappa shape index (κ2) is 7.14. The summed E-state index contributed by atoms with van der Waals surface area (Å²) in [5.41, 5.74) is 0.964. The Labute approximate surface area is 114 Å². The summed E-state index contributed by atoms with van der Waals surface area (Å²) in [6.45, 7) is 1.13. The maximum absolute atomic E-state index is 12.2. The van der Waals surface area contributed by atoms with Crippen molar-refractivity contribution in [3.8, 4) is 0 Å². The van der Waals surface area contributed by atoms with Gasteiger partial charge in [-0.3, -0.25) is 4.79 Å². The standard InChI is InChI=1S/C15H22N2O2/c18-11-5-10-17(14-8-4-9-14)15(19)12-16-13-6-2-1-3-7-13/h1-3,6-7,14,16,18H,4-5,8-12H2. The Balaban J connectivity index is 1.84. The van der Waals surface area contributed by atoms with Crippen LogP contribution in [0.2, 0.25) is 0 Å². The minimum atomic E-state index is 0.127. The summed E-state index contributed by atoms with van der Waals surface area (Å²) in [6.07, 6.45) is 4.07. The molecule has 1 aromatic carbocycles. The van der Waals surface area contributed by atoms with E-state index in [4.69, 9.17) is 5.11 Å². The molecule has 1 saturated carbocycles. The van der Waals surface area contributed by atoms with Crippen LogP contribution in [0.15, 0.2) is 30.3 Å². The van der Waals surface area contributed by atoms with Crippen LogP contribution < -0.4 is 5.32 Å². The molecule has 0 aliphatic heterocycles. The highest BCUT2D eigenvalue weighted by Crippen LogP contribution is 2.25. The van der Waals surface area contributed by atoms with Crippen molar-refractivity contribution in [1.82, 2.24) is 4.90 Å². The summed E-state index contributed by atoms with van der Waals surface area (Å²) in [6, 6.07) is 10.1. The van der Waals surface area contributed by atoms with Gasteiger partial charge in [0.2, 0.25) is 5.91 Å². The molecule has 0 radical (unpaired) electrons. The Morgan fingerprint density at radius 2 is 2.05 bits per heavy atom. The largest absolute Gasteiger partial charge is 0.396 e. The van der Waals surface area contributed by atoms with E-state index in [1.165, 1.54) is 6.42 Å². The predicted octanol–water partition coefficient (Wildman–Crippen LogP) is 1.86. The van der Waals surface area contributed by atoms with Gasteiger partial charge in [-0.05, 0) is 37.8 Å². The molecule has 0 spiro atoms. The summed E-state index contributed by atoms with van der Waals surface area (Å²) in [7, 11) is 0. The molecule has 4 nitrogen and oxygen atoms in total. The topological polar surface area (TPSA) is 52.6 Å². The molecule has 0 bridgehead atoms. The lowest BCUT2D eigenvalue weighted by Crippen LogP contribution is -2.47. The number of benzene rings is 1. The Kier molecular flexibility index (Phi) is 5.21. The highest BCUT2D eigenvalue weighted by molar-refractivity contribution is 5.81. The zero-order valence-electron chi connectivity index (χ0n) is 11.2. The minimum Gasteiger partial charge on any atom is -0.396 e. The molecule has 1 fully saturated rings. The van der Waals surface area contributed by atoms with E-state index in [0.29, 0.717) is 25.6 Å². The van der Waals surface area contributed by atoms with Crippen LogP contribution in [0, 0.1) is 0 Å². The monoisotopic (exact) mass is 262 g/mol. The van der Waals surface area contributed by atoms with Crippen molar-refractivity contribution in [3.63, 3.8) is 0 Å². The second-order valence-corrected chi connectivity index (χ2v) is 4.97. The van der Waals surface area contributed by atoms with E-state index >= 15 is 0 Å². The van der Waals surface area contributed by atoms with Crippen molar-refractivity contribution in [1.29, 1.82) is 0 Å².